The minimum absolute atomic E-state index is 0.0723. The number of alkyl halides is 3. The summed E-state index contributed by atoms with van der Waals surface area (Å²) in [5.74, 6) is 0.853. The summed E-state index contributed by atoms with van der Waals surface area (Å²) in [6.07, 6.45) is 2.34. The molecule has 0 amide bonds. The Kier molecular flexibility index (Phi) is 10.9. The maximum absolute atomic E-state index is 15.7. The Bertz CT molecular complexity index is 872. The summed E-state index contributed by atoms with van der Waals surface area (Å²) in [5, 5.41) is 0. The first-order valence-corrected chi connectivity index (χ1v) is 17.2. The number of piperidine rings is 3. The predicted octanol–water partition coefficient (Wildman–Crippen LogP) is 1.23. The molecule has 7 unspecified atom stereocenters. The summed E-state index contributed by atoms with van der Waals surface area (Å²) in [5.41, 5.74) is 0. The minimum atomic E-state index is -0.859. The molecule has 6 fully saturated rings. The quantitative estimate of drug-likeness (QED) is 0.405. The van der Waals surface area contributed by atoms with Crippen LogP contribution < -0.4 is 0 Å². The summed E-state index contributed by atoms with van der Waals surface area (Å²) in [6, 6.07) is 1.41. The summed E-state index contributed by atoms with van der Waals surface area (Å²) in [4.78, 5) is 17.4. The topological polar surface area (TPSA) is 31.9 Å². The number of likely N-dealkylation sites (tertiary alicyclic amines) is 4. The van der Waals surface area contributed by atoms with E-state index in [4.69, 9.17) is 4.74 Å². The monoisotopic (exact) mass is 613 g/mol. The van der Waals surface area contributed by atoms with Gasteiger partial charge in [0.05, 0.1) is 19.9 Å². The smallest absolute Gasteiger partial charge is 0.128 e. The van der Waals surface area contributed by atoms with Crippen LogP contribution in [-0.4, -0.2) is 203 Å². The highest BCUT2D eigenvalue weighted by Crippen LogP contribution is 2.42. The number of hydrogen-bond acceptors (Lipinski definition) is 8. The van der Waals surface area contributed by atoms with Gasteiger partial charge in [-0.1, -0.05) is 0 Å². The van der Waals surface area contributed by atoms with Gasteiger partial charge in [0.2, 0.25) is 0 Å². The maximum atomic E-state index is 15.7. The lowest BCUT2D eigenvalue weighted by Crippen LogP contribution is -2.72. The number of rotatable bonds is 8. The van der Waals surface area contributed by atoms with Crippen molar-refractivity contribution in [2.75, 3.05) is 133 Å². The van der Waals surface area contributed by atoms with E-state index < -0.39 is 6.17 Å². The zero-order valence-electron chi connectivity index (χ0n) is 27.0. The predicted molar refractivity (Wildman–Crippen MR) is 165 cm³/mol. The van der Waals surface area contributed by atoms with E-state index in [2.05, 4.69) is 55.4 Å². The molecule has 0 saturated carbocycles. The van der Waals surface area contributed by atoms with Gasteiger partial charge < -0.3 is 19.4 Å². The zero-order valence-corrected chi connectivity index (χ0v) is 27.0. The second-order valence-electron chi connectivity index (χ2n) is 14.8. The lowest BCUT2D eigenvalue weighted by molar-refractivity contribution is -0.120. The molecule has 6 aliphatic heterocycles. The van der Waals surface area contributed by atoms with Crippen molar-refractivity contribution in [2.24, 2.45) is 17.8 Å². The summed E-state index contributed by atoms with van der Waals surface area (Å²) in [7, 11) is 6.61. The van der Waals surface area contributed by atoms with E-state index in [1.165, 1.54) is 12.8 Å². The second-order valence-corrected chi connectivity index (χ2v) is 14.8. The van der Waals surface area contributed by atoms with Gasteiger partial charge in [-0.15, -0.1) is 0 Å². The van der Waals surface area contributed by atoms with E-state index in [1.807, 2.05) is 0 Å². The van der Waals surface area contributed by atoms with E-state index in [0.29, 0.717) is 56.3 Å². The Balaban J connectivity index is 1.30. The van der Waals surface area contributed by atoms with Crippen LogP contribution in [0.3, 0.4) is 0 Å². The van der Waals surface area contributed by atoms with Gasteiger partial charge in [0.15, 0.2) is 0 Å². The normalized spacial score (nSPS) is 40.2. The highest BCUT2D eigenvalue weighted by atomic mass is 19.1. The molecular weight excluding hydrogens is 555 g/mol. The molecule has 6 aliphatic rings. The van der Waals surface area contributed by atoms with Gasteiger partial charge in [0.1, 0.15) is 12.8 Å². The molecule has 0 aromatic rings. The van der Waals surface area contributed by atoms with Gasteiger partial charge in [-0.2, -0.15) is 0 Å². The molecule has 248 valence electrons. The van der Waals surface area contributed by atoms with E-state index in [9.17, 15) is 8.78 Å². The van der Waals surface area contributed by atoms with Crippen LogP contribution in [0.25, 0.3) is 0 Å². The number of morpholine rings is 1. The Hall–Kier alpha value is -0.530. The van der Waals surface area contributed by atoms with Crippen LogP contribution in [0, 0.1) is 17.8 Å². The van der Waals surface area contributed by atoms with Gasteiger partial charge in [-0.3, -0.25) is 24.0 Å². The van der Waals surface area contributed by atoms with Crippen molar-refractivity contribution in [2.45, 2.75) is 55.6 Å². The van der Waals surface area contributed by atoms with E-state index in [1.54, 1.807) is 0 Å². The summed E-state index contributed by atoms with van der Waals surface area (Å²) >= 11 is 0. The van der Waals surface area contributed by atoms with Gasteiger partial charge in [0, 0.05) is 120 Å². The molecule has 0 bridgehead atoms. The second kappa shape index (κ2) is 14.5. The van der Waals surface area contributed by atoms with Crippen molar-refractivity contribution in [1.82, 2.24) is 34.3 Å². The fourth-order valence-electron chi connectivity index (χ4n) is 9.78. The Morgan fingerprint density at radius 2 is 1.40 bits per heavy atom. The molecule has 8 nitrogen and oxygen atoms in total. The van der Waals surface area contributed by atoms with Crippen molar-refractivity contribution in [1.29, 1.82) is 0 Å². The van der Waals surface area contributed by atoms with Gasteiger partial charge in [0.25, 0.3) is 0 Å². The minimum Gasteiger partial charge on any atom is -0.379 e. The first kappa shape index (κ1) is 32.4. The number of nitrogens with zero attached hydrogens (tertiary/aromatic N) is 7. The molecule has 0 radical (unpaired) electrons. The third kappa shape index (κ3) is 7.09. The molecule has 7 atom stereocenters. The van der Waals surface area contributed by atoms with Crippen molar-refractivity contribution >= 4 is 0 Å². The number of ether oxygens (including phenoxy) is 1. The standard InChI is InChI=1S/C32H58F3N7O/c1-36-7-4-25(5-8-36)42-11-10-39(9-6-33)23-31(42)27-21-37(2)20-26(32(27)41-18-24(17-34)19-41)29-16-30(28(35)22-38(29)3)40-12-14-43-15-13-40/h24-32H,4-23H2,1-3H3. The largest absolute Gasteiger partial charge is 0.379 e. The highest BCUT2D eigenvalue weighted by molar-refractivity contribution is 5.08. The van der Waals surface area contributed by atoms with Crippen LogP contribution in [0.5, 0.6) is 0 Å². The fraction of sp³-hybridized carbons (Fsp3) is 1.00. The number of halogens is 3. The van der Waals surface area contributed by atoms with E-state index in [0.717, 1.165) is 78.4 Å². The van der Waals surface area contributed by atoms with Gasteiger partial charge in [-0.25, -0.2) is 8.78 Å². The molecule has 0 spiro atoms. The molecular formula is C32H58F3N7O. The average molecular weight is 614 g/mol. The summed E-state index contributed by atoms with van der Waals surface area (Å²) < 4.78 is 48.8. The van der Waals surface area contributed by atoms with Crippen LogP contribution in [0.2, 0.25) is 0 Å². The molecule has 6 heterocycles. The lowest BCUT2D eigenvalue weighted by atomic mass is 9.70. The third-order valence-corrected chi connectivity index (χ3v) is 12.1. The highest BCUT2D eigenvalue weighted by Gasteiger charge is 2.53. The van der Waals surface area contributed by atoms with Gasteiger partial charge in [-0.05, 0) is 53.5 Å². The Morgan fingerprint density at radius 1 is 0.698 bits per heavy atom. The number of piperazine rings is 1. The molecule has 0 aromatic carbocycles. The van der Waals surface area contributed by atoms with Crippen molar-refractivity contribution in [3.63, 3.8) is 0 Å². The van der Waals surface area contributed by atoms with Crippen LogP contribution >= 0.6 is 0 Å². The van der Waals surface area contributed by atoms with E-state index >= 15 is 4.39 Å². The zero-order chi connectivity index (χ0) is 30.1. The lowest BCUT2D eigenvalue weighted by Gasteiger charge is -2.60. The molecule has 43 heavy (non-hydrogen) atoms. The summed E-state index contributed by atoms with van der Waals surface area (Å²) in [6.45, 7) is 12.1. The fourth-order valence-corrected chi connectivity index (χ4v) is 9.78. The molecule has 11 heteroatoms. The molecule has 0 aliphatic carbocycles. The first-order valence-electron chi connectivity index (χ1n) is 17.2. The van der Waals surface area contributed by atoms with Crippen LogP contribution in [-0.2, 0) is 4.74 Å². The van der Waals surface area contributed by atoms with Crippen LogP contribution in [0.1, 0.15) is 19.3 Å². The molecule has 0 N–H and O–H groups in total. The number of hydrogen-bond donors (Lipinski definition) is 0. The Morgan fingerprint density at radius 3 is 2.07 bits per heavy atom. The SMILES string of the molecule is CN1CCC(N2CCN(CCF)CC2C2CN(C)CC(C3CC(N4CCOCC4)C(F)CN3C)C2N2CC(CF)C2)CC1. The van der Waals surface area contributed by atoms with Crippen molar-refractivity contribution in [3.8, 4) is 0 Å². The van der Waals surface area contributed by atoms with Crippen LogP contribution in [0.15, 0.2) is 0 Å². The first-order chi connectivity index (χ1) is 20.9. The van der Waals surface area contributed by atoms with Gasteiger partial charge >= 0.3 is 0 Å². The molecule has 0 aromatic heterocycles. The van der Waals surface area contributed by atoms with Crippen LogP contribution in [0.4, 0.5) is 13.2 Å². The van der Waals surface area contributed by atoms with Crippen molar-refractivity contribution in [3.05, 3.63) is 0 Å². The van der Waals surface area contributed by atoms with E-state index in [-0.39, 0.29) is 31.4 Å². The third-order valence-electron chi connectivity index (χ3n) is 12.1. The Labute approximate surface area is 258 Å². The molecule has 6 saturated heterocycles. The molecule has 6 rings (SSSR count). The maximum Gasteiger partial charge on any atom is 0.128 e. The average Bonchev–Trinajstić information content (AvgIpc) is 2.98. The van der Waals surface area contributed by atoms with Crippen molar-refractivity contribution < 1.29 is 17.9 Å².